The maximum absolute atomic E-state index is 12.4. The van der Waals surface area contributed by atoms with Crippen LogP contribution in [0.15, 0.2) is 45.8 Å². The number of aryl methyl sites for hydroxylation is 1. The van der Waals surface area contributed by atoms with Crippen LogP contribution < -0.4 is 5.73 Å². The summed E-state index contributed by atoms with van der Waals surface area (Å²) in [6, 6.07) is 12.8. The highest BCUT2D eigenvalue weighted by molar-refractivity contribution is 9.10. The molecule has 0 aliphatic heterocycles. The number of anilines is 1. The van der Waals surface area contributed by atoms with Gasteiger partial charge in [-0.1, -0.05) is 6.07 Å². The summed E-state index contributed by atoms with van der Waals surface area (Å²) in [6.07, 6.45) is 0. The second-order valence-electron chi connectivity index (χ2n) is 4.43. The predicted octanol–water partition coefficient (Wildman–Crippen LogP) is 3.52. The van der Waals surface area contributed by atoms with E-state index in [1.807, 2.05) is 19.1 Å². The minimum Gasteiger partial charge on any atom is -0.399 e. The zero-order valence-corrected chi connectivity index (χ0v) is 13.3. The molecule has 0 bridgehead atoms. The van der Waals surface area contributed by atoms with Gasteiger partial charge in [0.2, 0.25) is 0 Å². The van der Waals surface area contributed by atoms with Crippen LogP contribution in [0, 0.1) is 18.3 Å². The molecule has 0 amide bonds. The zero-order chi connectivity index (χ0) is 14.7. The van der Waals surface area contributed by atoms with Crippen molar-refractivity contribution in [2.45, 2.75) is 17.6 Å². The van der Waals surface area contributed by atoms with Crippen molar-refractivity contribution in [2.24, 2.45) is 0 Å². The third-order valence-electron chi connectivity index (χ3n) is 2.96. The van der Waals surface area contributed by atoms with E-state index in [1.165, 1.54) is 0 Å². The van der Waals surface area contributed by atoms with Gasteiger partial charge in [0.05, 0.1) is 33.1 Å². The van der Waals surface area contributed by atoms with Crippen molar-refractivity contribution in [3.05, 3.63) is 57.6 Å². The average molecular weight is 349 g/mol. The van der Waals surface area contributed by atoms with Crippen molar-refractivity contribution in [3.8, 4) is 6.07 Å². The van der Waals surface area contributed by atoms with Crippen LogP contribution >= 0.6 is 15.9 Å². The van der Waals surface area contributed by atoms with Gasteiger partial charge < -0.3 is 5.73 Å². The van der Waals surface area contributed by atoms with E-state index in [0.29, 0.717) is 17.0 Å². The second-order valence-corrected chi connectivity index (χ2v) is 6.71. The fourth-order valence-electron chi connectivity index (χ4n) is 1.85. The van der Waals surface area contributed by atoms with Gasteiger partial charge in [-0.3, -0.25) is 4.21 Å². The van der Waals surface area contributed by atoms with Crippen molar-refractivity contribution in [1.29, 1.82) is 5.26 Å². The van der Waals surface area contributed by atoms with Crippen LogP contribution in [0.2, 0.25) is 0 Å². The van der Waals surface area contributed by atoms with E-state index in [2.05, 4.69) is 22.0 Å². The van der Waals surface area contributed by atoms with E-state index in [-0.39, 0.29) is 0 Å². The topological polar surface area (TPSA) is 66.9 Å². The average Bonchev–Trinajstić information content (AvgIpc) is 2.40. The molecule has 5 heteroatoms. The van der Waals surface area contributed by atoms with Crippen molar-refractivity contribution in [2.75, 3.05) is 5.73 Å². The molecule has 2 aromatic rings. The third kappa shape index (κ3) is 3.27. The lowest BCUT2D eigenvalue weighted by atomic mass is 10.1. The molecule has 0 saturated heterocycles. The summed E-state index contributed by atoms with van der Waals surface area (Å²) in [5, 5.41) is 8.85. The fourth-order valence-corrected chi connectivity index (χ4v) is 4.04. The van der Waals surface area contributed by atoms with Gasteiger partial charge in [0.15, 0.2) is 0 Å². The molecule has 0 aliphatic rings. The molecule has 3 nitrogen and oxygen atoms in total. The van der Waals surface area contributed by atoms with Crippen molar-refractivity contribution in [3.63, 3.8) is 0 Å². The lowest BCUT2D eigenvalue weighted by Crippen LogP contribution is -2.00. The van der Waals surface area contributed by atoms with Crippen LogP contribution in [0.25, 0.3) is 0 Å². The predicted molar refractivity (Wildman–Crippen MR) is 84.6 cm³/mol. The van der Waals surface area contributed by atoms with Crippen LogP contribution in [0.5, 0.6) is 0 Å². The smallest absolute Gasteiger partial charge is 0.0991 e. The zero-order valence-electron chi connectivity index (χ0n) is 10.9. The number of hydrogen-bond acceptors (Lipinski definition) is 3. The van der Waals surface area contributed by atoms with Gasteiger partial charge >= 0.3 is 0 Å². The van der Waals surface area contributed by atoms with Gasteiger partial charge in [0, 0.05) is 10.2 Å². The van der Waals surface area contributed by atoms with E-state index in [4.69, 9.17) is 11.0 Å². The molecule has 1 atom stereocenters. The number of nitrogens with zero attached hydrogens (tertiary/aromatic N) is 1. The lowest BCUT2D eigenvalue weighted by Gasteiger charge is -2.08. The first-order valence-corrected chi connectivity index (χ1v) is 8.05. The van der Waals surface area contributed by atoms with Crippen LogP contribution in [0.3, 0.4) is 0 Å². The summed E-state index contributed by atoms with van der Waals surface area (Å²) in [5.41, 5.74) is 8.88. The summed E-state index contributed by atoms with van der Waals surface area (Å²) < 4.78 is 13.2. The molecule has 0 fully saturated rings. The molecule has 0 heterocycles. The molecule has 0 aromatic heterocycles. The van der Waals surface area contributed by atoms with E-state index in [1.54, 1.807) is 24.3 Å². The van der Waals surface area contributed by atoms with Crippen LogP contribution in [0.1, 0.15) is 16.7 Å². The summed E-state index contributed by atoms with van der Waals surface area (Å²) in [5.74, 6) is 0.417. The van der Waals surface area contributed by atoms with Crippen LogP contribution in [0.4, 0.5) is 5.69 Å². The number of halogens is 1. The Kier molecular flexibility index (Phi) is 4.58. The van der Waals surface area contributed by atoms with Crippen LogP contribution in [-0.4, -0.2) is 4.21 Å². The highest BCUT2D eigenvalue weighted by atomic mass is 79.9. The quantitative estimate of drug-likeness (QED) is 0.862. The number of hydrogen-bond donors (Lipinski definition) is 1. The van der Waals surface area contributed by atoms with E-state index < -0.39 is 10.8 Å². The van der Waals surface area contributed by atoms with Gasteiger partial charge in [0.1, 0.15) is 0 Å². The Labute approximate surface area is 129 Å². The summed E-state index contributed by atoms with van der Waals surface area (Å²) in [4.78, 5) is 0.725. The normalized spacial score (nSPS) is 11.8. The van der Waals surface area contributed by atoms with Crippen molar-refractivity contribution < 1.29 is 4.21 Å². The lowest BCUT2D eigenvalue weighted by molar-refractivity contribution is 0.682. The molecule has 102 valence electrons. The Morgan fingerprint density at radius 3 is 2.65 bits per heavy atom. The highest BCUT2D eigenvalue weighted by Crippen LogP contribution is 2.25. The molecule has 2 rings (SSSR count). The monoisotopic (exact) mass is 348 g/mol. The maximum atomic E-state index is 12.4. The SMILES string of the molecule is Cc1cc(C#N)ccc1CS(=O)c1ccc(N)cc1Br. The fraction of sp³-hybridized carbons (Fsp3) is 0.133. The molecule has 0 spiro atoms. The Hall–Kier alpha value is -1.64. The molecule has 2 aromatic carbocycles. The molecule has 0 radical (unpaired) electrons. The molecular weight excluding hydrogens is 336 g/mol. The first-order valence-electron chi connectivity index (χ1n) is 5.94. The van der Waals surface area contributed by atoms with Gasteiger partial charge in [0.25, 0.3) is 0 Å². The molecule has 0 aliphatic carbocycles. The minimum atomic E-state index is -1.16. The van der Waals surface area contributed by atoms with Gasteiger partial charge in [-0.25, -0.2) is 0 Å². The minimum absolute atomic E-state index is 0.417. The first-order chi connectivity index (χ1) is 9.51. The van der Waals surface area contributed by atoms with E-state index in [0.717, 1.165) is 20.5 Å². The van der Waals surface area contributed by atoms with Crippen molar-refractivity contribution >= 4 is 32.4 Å². The van der Waals surface area contributed by atoms with Gasteiger partial charge in [-0.15, -0.1) is 0 Å². The van der Waals surface area contributed by atoms with Crippen molar-refractivity contribution in [1.82, 2.24) is 0 Å². The number of rotatable bonds is 3. The first kappa shape index (κ1) is 14.8. The Bertz CT molecular complexity index is 722. The second kappa shape index (κ2) is 6.21. The largest absolute Gasteiger partial charge is 0.399 e. The number of nitrogen functional groups attached to an aromatic ring is 1. The Morgan fingerprint density at radius 2 is 2.05 bits per heavy atom. The van der Waals surface area contributed by atoms with E-state index in [9.17, 15) is 4.21 Å². The molecule has 0 saturated carbocycles. The number of benzene rings is 2. The van der Waals surface area contributed by atoms with Gasteiger partial charge in [-0.2, -0.15) is 5.26 Å². The standard InChI is InChI=1S/C15H13BrN2OS/c1-10-6-11(8-17)2-3-12(10)9-20(19)15-5-4-13(18)7-14(15)16/h2-7H,9,18H2,1H3. The third-order valence-corrected chi connectivity index (χ3v) is 5.30. The Balaban J connectivity index is 2.26. The number of nitriles is 1. The summed E-state index contributed by atoms with van der Waals surface area (Å²) in [7, 11) is -1.16. The molecule has 2 N–H and O–H groups in total. The van der Waals surface area contributed by atoms with Gasteiger partial charge in [-0.05, 0) is 64.3 Å². The van der Waals surface area contributed by atoms with Crippen LogP contribution in [-0.2, 0) is 16.6 Å². The molecule has 20 heavy (non-hydrogen) atoms. The number of nitrogens with two attached hydrogens (primary N) is 1. The summed E-state index contributed by atoms with van der Waals surface area (Å²) in [6.45, 7) is 1.92. The molecular formula is C15H13BrN2OS. The summed E-state index contributed by atoms with van der Waals surface area (Å²) >= 11 is 3.39. The van der Waals surface area contributed by atoms with E-state index >= 15 is 0 Å². The highest BCUT2D eigenvalue weighted by Gasteiger charge is 2.11. The maximum Gasteiger partial charge on any atom is 0.0991 e. The molecule has 1 unspecified atom stereocenters. The Morgan fingerprint density at radius 1 is 1.30 bits per heavy atom.